The Morgan fingerprint density at radius 1 is 0.639 bits per heavy atom. The fourth-order valence-corrected chi connectivity index (χ4v) is 9.03. The first kappa shape index (κ1) is 44.2. The largest absolute Gasteiger partial charge is 0.352 e. The highest BCUT2D eigenvalue weighted by Crippen LogP contribution is 2.40. The third kappa shape index (κ3) is 10.6. The van der Waals surface area contributed by atoms with Gasteiger partial charge in [-0.05, 0) is 109 Å². The van der Waals surface area contributed by atoms with E-state index < -0.39 is 0 Å². The summed E-state index contributed by atoms with van der Waals surface area (Å²) in [5.41, 5.74) is 9.20. The summed E-state index contributed by atoms with van der Waals surface area (Å²) in [5.74, 6) is 0.944. The van der Waals surface area contributed by atoms with E-state index in [-0.39, 0.29) is 17.2 Å². The monoisotopic (exact) mass is 894 g/mol. The van der Waals surface area contributed by atoms with Crippen LogP contribution in [0.25, 0.3) is 44.8 Å². The van der Waals surface area contributed by atoms with Crippen LogP contribution in [0.15, 0.2) is 91.0 Å². The van der Waals surface area contributed by atoms with Crippen molar-refractivity contribution in [2.24, 2.45) is 0 Å². The molecule has 8 rings (SSSR count). The Labute approximate surface area is 377 Å². The van der Waals surface area contributed by atoms with Crippen LogP contribution < -0.4 is 10.6 Å². The molecule has 4 N–H and O–H groups in total. The van der Waals surface area contributed by atoms with Gasteiger partial charge >= 0.3 is 0 Å². The molecule has 5 aromatic carbocycles. The van der Waals surface area contributed by atoms with Crippen LogP contribution in [0.5, 0.6) is 0 Å². The van der Waals surface area contributed by atoms with Crippen LogP contribution in [0.3, 0.4) is 0 Å². The van der Waals surface area contributed by atoms with Gasteiger partial charge in [0.2, 0.25) is 0 Å². The molecule has 1 aliphatic carbocycles. The maximum Gasteiger partial charge on any atom is 0.255 e. The lowest BCUT2D eigenvalue weighted by Crippen LogP contribution is -2.24. The van der Waals surface area contributed by atoms with Crippen molar-refractivity contribution in [2.45, 2.75) is 90.4 Å². The number of hydrogen-bond acceptors (Lipinski definition) is 4. The summed E-state index contributed by atoms with van der Waals surface area (Å²) in [4.78, 5) is 41.0. The third-order valence-electron chi connectivity index (χ3n) is 11.3. The van der Waals surface area contributed by atoms with E-state index in [4.69, 9.17) is 46.4 Å². The summed E-state index contributed by atoms with van der Waals surface area (Å²) in [6.07, 6.45) is 12.2. The lowest BCUT2D eigenvalue weighted by molar-refractivity contribution is 0.0952. The predicted molar refractivity (Wildman–Crippen MR) is 254 cm³/mol. The molecule has 0 spiro atoms. The number of halogens is 4. The smallest absolute Gasteiger partial charge is 0.255 e. The van der Waals surface area contributed by atoms with Crippen molar-refractivity contribution in [1.29, 1.82) is 0 Å². The first-order chi connectivity index (χ1) is 29.4. The van der Waals surface area contributed by atoms with Crippen LogP contribution in [0.1, 0.15) is 110 Å². The van der Waals surface area contributed by atoms with Crippen LogP contribution in [0, 0.1) is 0 Å². The Balaban J connectivity index is 0.000000184. The number of hydrogen-bond donors (Lipinski definition) is 4. The number of rotatable bonds is 14. The van der Waals surface area contributed by atoms with E-state index in [1.807, 2.05) is 24.3 Å². The van der Waals surface area contributed by atoms with Gasteiger partial charge in [0.15, 0.2) is 0 Å². The molecular weight excluding hydrogens is 846 g/mol. The van der Waals surface area contributed by atoms with Gasteiger partial charge in [-0.3, -0.25) is 9.59 Å². The zero-order valence-corrected chi connectivity index (χ0v) is 37.7. The number of nitrogens with zero attached hydrogens (tertiary/aromatic N) is 2. The van der Waals surface area contributed by atoms with Gasteiger partial charge in [0.25, 0.3) is 11.8 Å². The molecule has 0 aliphatic heterocycles. The molecule has 61 heavy (non-hydrogen) atoms. The number of aromatic amines is 2. The number of unbranched alkanes of at least 4 members (excludes halogenated alkanes) is 7. The molecule has 0 radical (unpaired) electrons. The van der Waals surface area contributed by atoms with Gasteiger partial charge < -0.3 is 20.6 Å². The molecule has 0 saturated carbocycles. The lowest BCUT2D eigenvalue weighted by Gasteiger charge is -2.19. The fraction of sp³-hybridized carbons (Fsp3) is 0.306. The number of H-pyrrole nitrogens is 2. The third-order valence-corrected chi connectivity index (χ3v) is 12.6. The highest BCUT2D eigenvalue weighted by atomic mass is 35.5. The van der Waals surface area contributed by atoms with Crippen LogP contribution >= 0.6 is 46.4 Å². The second-order valence-corrected chi connectivity index (χ2v) is 17.9. The minimum absolute atomic E-state index is 0.0632. The van der Waals surface area contributed by atoms with E-state index in [1.165, 1.54) is 49.7 Å². The number of carbonyl (C=O) groups excluding carboxylic acids is 2. The van der Waals surface area contributed by atoms with Crippen molar-refractivity contribution in [2.75, 3.05) is 11.9 Å². The summed E-state index contributed by atoms with van der Waals surface area (Å²) < 4.78 is 0. The Hall–Kier alpha value is -4.86. The van der Waals surface area contributed by atoms with Crippen molar-refractivity contribution in [3.05, 3.63) is 133 Å². The van der Waals surface area contributed by atoms with Crippen molar-refractivity contribution in [1.82, 2.24) is 25.3 Å². The summed E-state index contributed by atoms with van der Waals surface area (Å²) >= 11 is 25.2. The number of benzene rings is 5. The number of amides is 2. The number of carbonyl (C=O) groups is 2. The van der Waals surface area contributed by atoms with Crippen LogP contribution in [0.4, 0.5) is 5.69 Å². The molecular formula is C49H50Cl4N6O2. The first-order valence-electron chi connectivity index (χ1n) is 21.0. The molecule has 0 atom stereocenters. The Bertz CT molecular complexity index is 2650. The molecule has 2 heterocycles. The topological polar surface area (TPSA) is 116 Å². The number of anilines is 1. The standard InChI is InChI=1S/C25H21Cl2N3O.C24H29Cl2N3O/c1-25(2)11-10-14-12-16(7-8-17(14)25)28-24(31)15-6-9-20-21(13-15)30-23(29-20)22-18(26)4-3-5-19(22)27;1-2-3-4-5-6-7-8-9-15-27-24(30)17-13-14-20-21(16-17)29-23(28-20)22-18(25)11-10-12-19(22)26/h3-9,12-13H,10-11H2,1-2H3,(H,28,31)(H,29,30);10-14,16H,2-9,15H2,1H3,(H,27,30)(H,28,29). The maximum atomic E-state index is 12.9. The number of aromatic nitrogens is 4. The zero-order valence-electron chi connectivity index (χ0n) is 34.7. The van der Waals surface area contributed by atoms with Crippen molar-refractivity contribution in [3.63, 3.8) is 0 Å². The van der Waals surface area contributed by atoms with Crippen LogP contribution in [0.2, 0.25) is 20.1 Å². The van der Waals surface area contributed by atoms with E-state index >= 15 is 0 Å². The summed E-state index contributed by atoms with van der Waals surface area (Å²) in [6, 6.07) is 27.7. The molecule has 0 bridgehead atoms. The second-order valence-electron chi connectivity index (χ2n) is 16.3. The minimum Gasteiger partial charge on any atom is -0.352 e. The lowest BCUT2D eigenvalue weighted by atomic mass is 9.86. The van der Waals surface area contributed by atoms with Crippen molar-refractivity contribution in [3.8, 4) is 22.8 Å². The van der Waals surface area contributed by atoms with Crippen molar-refractivity contribution >= 4 is 86.0 Å². The summed E-state index contributed by atoms with van der Waals surface area (Å²) in [7, 11) is 0. The predicted octanol–water partition coefficient (Wildman–Crippen LogP) is 14.4. The highest BCUT2D eigenvalue weighted by Gasteiger charge is 2.29. The van der Waals surface area contributed by atoms with E-state index in [9.17, 15) is 9.59 Å². The average Bonchev–Trinajstić information content (AvgIpc) is 3.94. The quantitative estimate of drug-likeness (QED) is 0.0814. The average molecular weight is 897 g/mol. The molecule has 8 nitrogen and oxygen atoms in total. The Kier molecular flexibility index (Phi) is 14.4. The second kappa shape index (κ2) is 19.9. The van der Waals surface area contributed by atoms with Gasteiger partial charge in [-0.1, -0.05) is 130 Å². The van der Waals surface area contributed by atoms with Gasteiger partial charge in [-0.15, -0.1) is 0 Å². The van der Waals surface area contributed by atoms with Crippen LogP contribution in [-0.4, -0.2) is 38.3 Å². The van der Waals surface area contributed by atoms with E-state index in [1.54, 1.807) is 54.6 Å². The van der Waals surface area contributed by atoms with Gasteiger partial charge in [-0.2, -0.15) is 0 Å². The fourth-order valence-electron chi connectivity index (χ4n) is 7.87. The molecule has 1 aliphatic rings. The molecule has 0 saturated heterocycles. The molecule has 12 heteroatoms. The summed E-state index contributed by atoms with van der Waals surface area (Å²) in [5, 5.41) is 8.14. The molecule has 0 fully saturated rings. The van der Waals surface area contributed by atoms with Gasteiger partial charge in [0, 0.05) is 23.4 Å². The zero-order chi connectivity index (χ0) is 43.1. The first-order valence-corrected chi connectivity index (χ1v) is 22.5. The molecule has 0 unspecified atom stereocenters. The highest BCUT2D eigenvalue weighted by molar-refractivity contribution is 6.39. The summed E-state index contributed by atoms with van der Waals surface area (Å²) in [6.45, 7) is 7.47. The van der Waals surface area contributed by atoms with E-state index in [2.05, 4.69) is 63.5 Å². The van der Waals surface area contributed by atoms with Gasteiger partial charge in [-0.25, -0.2) is 9.97 Å². The Morgan fingerprint density at radius 2 is 1.15 bits per heavy atom. The SMILES string of the molecule is CC1(C)CCc2cc(NC(=O)c3ccc4nc(-c5c(Cl)cccc5Cl)[nH]c4c3)ccc21.CCCCCCCCCCNC(=O)c1ccc2nc(-c3c(Cl)cccc3Cl)[nH]c2c1. The van der Waals surface area contributed by atoms with Crippen molar-refractivity contribution < 1.29 is 9.59 Å². The maximum absolute atomic E-state index is 12.9. The Morgan fingerprint density at radius 3 is 1.69 bits per heavy atom. The van der Waals surface area contributed by atoms with Crippen LogP contribution in [-0.2, 0) is 11.8 Å². The normalized spacial score (nSPS) is 12.9. The minimum atomic E-state index is -0.161. The number of aryl methyl sites for hydroxylation is 1. The number of nitrogens with one attached hydrogen (secondary N) is 4. The van der Waals surface area contributed by atoms with Gasteiger partial charge in [0.05, 0.1) is 53.3 Å². The number of imidazole rings is 2. The van der Waals surface area contributed by atoms with E-state index in [0.29, 0.717) is 60.5 Å². The van der Waals surface area contributed by atoms with Gasteiger partial charge in [0.1, 0.15) is 11.6 Å². The molecule has 2 amide bonds. The van der Waals surface area contributed by atoms with E-state index in [0.717, 1.165) is 53.4 Å². The molecule has 7 aromatic rings. The number of fused-ring (bicyclic) bond motifs is 3. The molecule has 2 aromatic heterocycles. The molecule has 316 valence electrons.